The first-order chi connectivity index (χ1) is 23.1. The van der Waals surface area contributed by atoms with Crippen LogP contribution in [0.25, 0.3) is 0 Å². The highest BCUT2D eigenvalue weighted by molar-refractivity contribution is 5.97. The van der Waals surface area contributed by atoms with Gasteiger partial charge in [0.1, 0.15) is 30.2 Å². The van der Waals surface area contributed by atoms with Gasteiger partial charge < -0.3 is 25.0 Å². The van der Waals surface area contributed by atoms with Crippen molar-refractivity contribution in [3.63, 3.8) is 0 Å². The minimum absolute atomic E-state index is 0.00592. The van der Waals surface area contributed by atoms with Gasteiger partial charge in [-0.05, 0) is 49.9 Å². The van der Waals surface area contributed by atoms with Gasteiger partial charge in [-0.2, -0.15) is 0 Å². The van der Waals surface area contributed by atoms with Crippen LogP contribution in [0.4, 0.5) is 0 Å². The lowest BCUT2D eigenvalue weighted by molar-refractivity contribution is -0.175. The molecular weight excluding hydrogens is 634 g/mol. The third-order valence-electron chi connectivity index (χ3n) is 10.4. The molecule has 4 heterocycles. The zero-order valence-corrected chi connectivity index (χ0v) is 30.3. The van der Waals surface area contributed by atoms with Crippen molar-refractivity contribution < 1.29 is 38.6 Å². The Labute approximate surface area is 289 Å². The number of β-amino-alcohol motifs (C(OH)–C–C–N with tert-alkyl or cyclic N) is 1. The van der Waals surface area contributed by atoms with Crippen LogP contribution in [0.1, 0.15) is 87.0 Å². The summed E-state index contributed by atoms with van der Waals surface area (Å²) >= 11 is 0. The highest BCUT2D eigenvalue weighted by Gasteiger charge is 2.48. The maximum absolute atomic E-state index is 14.4. The first-order valence-electron chi connectivity index (χ1n) is 18.0. The largest absolute Gasteiger partial charge is 0.450 e. The number of rotatable bonds is 5. The van der Waals surface area contributed by atoms with Gasteiger partial charge >= 0.3 is 5.97 Å². The van der Waals surface area contributed by atoms with Crippen molar-refractivity contribution in [3.05, 3.63) is 0 Å². The minimum atomic E-state index is -1.27. The van der Waals surface area contributed by atoms with E-state index in [1.807, 2.05) is 27.7 Å². The van der Waals surface area contributed by atoms with E-state index in [0.717, 1.165) is 0 Å². The zero-order chi connectivity index (χ0) is 36.3. The van der Waals surface area contributed by atoms with E-state index in [4.69, 9.17) is 4.74 Å². The monoisotopic (exact) mass is 691 g/mol. The molecule has 4 saturated heterocycles. The molecule has 0 aromatic rings. The molecule has 49 heavy (non-hydrogen) atoms. The first-order valence-corrected chi connectivity index (χ1v) is 18.0. The predicted octanol–water partition coefficient (Wildman–Crippen LogP) is 0.171. The fraction of sp³-hybridized carbons (Fsp3) is 0.824. The Kier molecular flexibility index (Phi) is 12.7. The molecule has 4 N–H and O–H groups in total. The van der Waals surface area contributed by atoms with E-state index in [-0.39, 0.29) is 37.8 Å². The van der Waals surface area contributed by atoms with Gasteiger partial charge in [-0.15, -0.1) is 0 Å². The Morgan fingerprint density at radius 2 is 1.55 bits per heavy atom. The van der Waals surface area contributed by atoms with E-state index in [2.05, 4.69) is 16.2 Å². The molecule has 0 bridgehead atoms. The molecule has 0 radical (unpaired) electrons. The van der Waals surface area contributed by atoms with Gasteiger partial charge in [0.05, 0.1) is 6.10 Å². The summed E-state index contributed by atoms with van der Waals surface area (Å²) in [5.41, 5.74) is 5.94. The SMILES string of the molecule is CC[C@H](C)[C@@H]1OC(=O)[C@@H](C(C)C)NC(=O)[C@@H]2C[C@@H](C)CN2C(=O)[C@@H](CC(C)C)N(C)C(=O)[C@@H]2C[C@H](O)CNN2C(=O)[C@H]2CCCNN2C1=O. The van der Waals surface area contributed by atoms with E-state index in [0.29, 0.717) is 32.2 Å². The lowest BCUT2D eigenvalue weighted by atomic mass is 9.96. The Morgan fingerprint density at radius 1 is 0.878 bits per heavy atom. The van der Waals surface area contributed by atoms with E-state index < -0.39 is 89.8 Å². The summed E-state index contributed by atoms with van der Waals surface area (Å²) in [5, 5.41) is 15.9. The van der Waals surface area contributed by atoms with Crippen molar-refractivity contribution in [1.29, 1.82) is 0 Å². The molecule has 4 rings (SSSR count). The molecule has 0 spiro atoms. The topological polar surface area (TPSA) is 181 Å². The molecule has 276 valence electrons. The number of hydrazine groups is 2. The number of ether oxygens (including phenoxy) is 1. The van der Waals surface area contributed by atoms with Crippen LogP contribution in [0, 0.1) is 23.7 Å². The number of aliphatic hydroxyl groups is 1. The molecule has 5 amide bonds. The van der Waals surface area contributed by atoms with E-state index >= 15 is 0 Å². The quantitative estimate of drug-likeness (QED) is 0.290. The Bertz CT molecular complexity index is 1260. The summed E-state index contributed by atoms with van der Waals surface area (Å²) in [4.78, 5) is 88.0. The molecule has 4 fully saturated rings. The average Bonchev–Trinajstić information content (AvgIpc) is 3.47. The van der Waals surface area contributed by atoms with Gasteiger partial charge in [-0.25, -0.2) is 15.6 Å². The number of cyclic esters (lactones) is 1. The van der Waals surface area contributed by atoms with E-state index in [1.165, 1.54) is 26.9 Å². The second kappa shape index (κ2) is 16.2. The molecule has 0 aliphatic carbocycles. The van der Waals surface area contributed by atoms with E-state index in [1.54, 1.807) is 20.8 Å². The number of hydrogen-bond donors (Lipinski definition) is 4. The smallest absolute Gasteiger partial charge is 0.329 e. The van der Waals surface area contributed by atoms with Crippen LogP contribution < -0.4 is 16.2 Å². The number of esters is 1. The average molecular weight is 692 g/mol. The summed E-state index contributed by atoms with van der Waals surface area (Å²) in [6.45, 7) is 13.7. The predicted molar refractivity (Wildman–Crippen MR) is 179 cm³/mol. The number of nitrogens with one attached hydrogen (secondary N) is 3. The van der Waals surface area contributed by atoms with Crippen molar-refractivity contribution in [2.75, 3.05) is 26.7 Å². The standard InChI is InChI=1S/C34H57N7O8/c1-9-21(7)28-33(47)40-23(11-10-12-35-40)32(46)41-26(15-22(42)16-36-41)30(44)38(8)25(13-18(2)3)31(45)39-17-20(6)14-24(39)29(43)37-27(19(4)5)34(48)49-28/h18-28,35-36,42H,9-17H2,1-8H3,(H,37,43)/t20-,21+,22+,23-,24+,25-,26+,27-,28+/m1/s1. The summed E-state index contributed by atoms with van der Waals surface area (Å²) in [5.74, 6) is -4.25. The Hall–Kier alpha value is -3.30. The van der Waals surface area contributed by atoms with Gasteiger partial charge in [-0.3, -0.25) is 34.0 Å². The second-order valence-corrected chi connectivity index (χ2v) is 15.2. The molecule has 4 aliphatic heterocycles. The van der Waals surface area contributed by atoms with Crippen LogP contribution >= 0.6 is 0 Å². The molecule has 9 atom stereocenters. The number of carbonyl (C=O) groups excluding carboxylic acids is 6. The molecule has 15 nitrogen and oxygen atoms in total. The third kappa shape index (κ3) is 8.37. The normalized spacial score (nSPS) is 33.5. The molecular formula is C34H57N7O8. The molecule has 0 saturated carbocycles. The van der Waals surface area contributed by atoms with Crippen LogP contribution in [0.5, 0.6) is 0 Å². The lowest BCUT2D eigenvalue weighted by Gasteiger charge is -2.45. The van der Waals surface area contributed by atoms with Crippen molar-refractivity contribution in [3.8, 4) is 0 Å². The summed E-state index contributed by atoms with van der Waals surface area (Å²) in [7, 11) is 1.52. The number of fused-ring (bicyclic) bond motifs is 3. The highest BCUT2D eigenvalue weighted by atomic mass is 16.6. The number of aliphatic hydroxyl groups excluding tert-OH is 1. The van der Waals surface area contributed by atoms with Crippen molar-refractivity contribution >= 4 is 35.5 Å². The van der Waals surface area contributed by atoms with Gasteiger partial charge in [0.25, 0.3) is 11.8 Å². The molecule has 4 aliphatic rings. The van der Waals surface area contributed by atoms with Gasteiger partial charge in [-0.1, -0.05) is 48.5 Å². The van der Waals surface area contributed by atoms with Gasteiger partial charge in [0, 0.05) is 39.0 Å². The summed E-state index contributed by atoms with van der Waals surface area (Å²) in [6, 6.07) is -5.18. The fourth-order valence-corrected chi connectivity index (χ4v) is 7.26. The number of nitrogens with zero attached hydrogens (tertiary/aromatic N) is 4. The first kappa shape index (κ1) is 38.5. The fourth-order valence-electron chi connectivity index (χ4n) is 7.26. The number of hydrogen-bond acceptors (Lipinski definition) is 10. The number of carbonyl (C=O) groups is 6. The maximum Gasteiger partial charge on any atom is 0.329 e. The van der Waals surface area contributed by atoms with Crippen molar-refractivity contribution in [1.82, 2.24) is 36.0 Å². The van der Waals surface area contributed by atoms with E-state index in [9.17, 15) is 33.9 Å². The minimum Gasteiger partial charge on any atom is -0.450 e. The summed E-state index contributed by atoms with van der Waals surface area (Å²) in [6.07, 6.45) is -0.303. The third-order valence-corrected chi connectivity index (χ3v) is 10.4. The summed E-state index contributed by atoms with van der Waals surface area (Å²) < 4.78 is 5.93. The second-order valence-electron chi connectivity index (χ2n) is 15.2. The molecule has 0 aromatic heterocycles. The van der Waals surface area contributed by atoms with Crippen LogP contribution in [-0.4, -0.2) is 130 Å². The molecule has 0 unspecified atom stereocenters. The Morgan fingerprint density at radius 3 is 2.18 bits per heavy atom. The maximum atomic E-state index is 14.4. The van der Waals surface area contributed by atoms with Crippen LogP contribution in [0.15, 0.2) is 0 Å². The molecule has 15 heteroatoms. The van der Waals surface area contributed by atoms with Gasteiger partial charge in [0.15, 0.2) is 6.10 Å². The van der Waals surface area contributed by atoms with Crippen LogP contribution in [0.3, 0.4) is 0 Å². The Balaban J connectivity index is 1.84. The zero-order valence-electron chi connectivity index (χ0n) is 30.3. The van der Waals surface area contributed by atoms with Crippen molar-refractivity contribution in [2.45, 2.75) is 129 Å². The van der Waals surface area contributed by atoms with Crippen molar-refractivity contribution in [2.24, 2.45) is 23.7 Å². The van der Waals surface area contributed by atoms with Gasteiger partial charge in [0.2, 0.25) is 17.7 Å². The van der Waals surface area contributed by atoms with Crippen LogP contribution in [0.2, 0.25) is 0 Å². The lowest BCUT2D eigenvalue weighted by Crippen LogP contribution is -2.69. The van der Waals surface area contributed by atoms with Crippen LogP contribution in [-0.2, 0) is 33.5 Å². The number of likely N-dealkylation sites (N-methyl/N-ethyl adjacent to an activating group) is 1. The highest BCUT2D eigenvalue weighted by Crippen LogP contribution is 2.29. The molecule has 0 aromatic carbocycles. The number of amides is 5.